The third-order valence-corrected chi connectivity index (χ3v) is 5.79. The standard InChI is InChI=1S/C26H42O4/c1-5-8-9-10-11-12-16-22-18-14-19-23(22)17-13-15-21(4)24(27)26(29,7-3)25(28)30-20-6-2/h12-13,16,24,27,29H,5-11,14,17-20H2,1-4H3/b16-12+. The Morgan fingerprint density at radius 1 is 1.20 bits per heavy atom. The maximum absolute atomic E-state index is 12.2. The molecule has 2 atom stereocenters. The SMILES string of the molecule is CCCCCC/C=C/C1=C(CC=C=C(C)C(O)C(O)(CC)C(=O)OCCC)CCC1. The van der Waals surface area contributed by atoms with Crippen LogP contribution in [0.1, 0.15) is 98.3 Å². The van der Waals surface area contributed by atoms with Crippen LogP contribution in [0.5, 0.6) is 0 Å². The van der Waals surface area contributed by atoms with Gasteiger partial charge in [0.1, 0.15) is 6.10 Å². The first-order chi connectivity index (χ1) is 14.4. The molecule has 2 N–H and O–H groups in total. The summed E-state index contributed by atoms with van der Waals surface area (Å²) < 4.78 is 5.07. The van der Waals surface area contributed by atoms with Gasteiger partial charge in [-0.2, -0.15) is 0 Å². The maximum atomic E-state index is 12.2. The van der Waals surface area contributed by atoms with Crippen molar-refractivity contribution in [3.63, 3.8) is 0 Å². The van der Waals surface area contributed by atoms with Gasteiger partial charge in [0, 0.05) is 5.57 Å². The Morgan fingerprint density at radius 3 is 2.63 bits per heavy atom. The molecule has 0 aromatic rings. The number of hydrogen-bond donors (Lipinski definition) is 2. The Balaban J connectivity index is 2.75. The Labute approximate surface area is 183 Å². The van der Waals surface area contributed by atoms with Gasteiger partial charge in [-0.15, -0.1) is 5.73 Å². The highest BCUT2D eigenvalue weighted by atomic mass is 16.6. The minimum Gasteiger partial charge on any atom is -0.463 e. The number of carbonyl (C=O) groups is 1. The molecule has 2 unspecified atom stereocenters. The molecule has 0 aromatic heterocycles. The van der Waals surface area contributed by atoms with Crippen LogP contribution in [0, 0.1) is 0 Å². The van der Waals surface area contributed by atoms with E-state index in [0.29, 0.717) is 12.0 Å². The van der Waals surface area contributed by atoms with Crippen molar-refractivity contribution in [3.8, 4) is 0 Å². The molecule has 0 aromatic carbocycles. The number of rotatable bonds is 14. The molecule has 0 aliphatic heterocycles. The molecule has 1 aliphatic carbocycles. The second-order valence-electron chi connectivity index (χ2n) is 8.29. The summed E-state index contributed by atoms with van der Waals surface area (Å²) in [5, 5.41) is 21.2. The van der Waals surface area contributed by atoms with Crippen LogP contribution in [-0.2, 0) is 9.53 Å². The molecule has 0 saturated carbocycles. The molecule has 170 valence electrons. The van der Waals surface area contributed by atoms with Gasteiger partial charge >= 0.3 is 5.97 Å². The molecule has 1 rings (SSSR count). The van der Waals surface area contributed by atoms with Crippen molar-refractivity contribution < 1.29 is 19.7 Å². The molecule has 0 fully saturated rings. The number of allylic oxidation sites excluding steroid dienone is 4. The number of ether oxygens (including phenoxy) is 1. The van der Waals surface area contributed by atoms with Crippen LogP contribution in [0.2, 0.25) is 0 Å². The monoisotopic (exact) mass is 418 g/mol. The third kappa shape index (κ3) is 8.26. The van der Waals surface area contributed by atoms with Crippen molar-refractivity contribution in [2.45, 2.75) is 110 Å². The van der Waals surface area contributed by atoms with Gasteiger partial charge in [-0.05, 0) is 69.9 Å². The Bertz CT molecular complexity index is 652. The average molecular weight is 419 g/mol. The fourth-order valence-corrected chi connectivity index (χ4v) is 3.72. The van der Waals surface area contributed by atoms with Crippen LogP contribution < -0.4 is 0 Å². The minimum absolute atomic E-state index is 0.0775. The molecule has 4 heteroatoms. The number of carbonyl (C=O) groups excluding carboxylic acids is 1. The summed E-state index contributed by atoms with van der Waals surface area (Å²) in [5.74, 6) is -0.773. The van der Waals surface area contributed by atoms with Crippen molar-refractivity contribution in [2.75, 3.05) is 6.61 Å². The summed E-state index contributed by atoms with van der Waals surface area (Å²) >= 11 is 0. The van der Waals surface area contributed by atoms with E-state index in [1.165, 1.54) is 43.3 Å². The summed E-state index contributed by atoms with van der Waals surface area (Å²) in [7, 11) is 0. The van der Waals surface area contributed by atoms with Crippen LogP contribution in [0.4, 0.5) is 0 Å². The molecule has 0 spiro atoms. The van der Waals surface area contributed by atoms with E-state index in [0.717, 1.165) is 25.7 Å². The lowest BCUT2D eigenvalue weighted by Crippen LogP contribution is -2.50. The fourth-order valence-electron chi connectivity index (χ4n) is 3.72. The van der Waals surface area contributed by atoms with Crippen molar-refractivity contribution in [2.24, 2.45) is 0 Å². The molecule has 4 nitrogen and oxygen atoms in total. The smallest absolute Gasteiger partial charge is 0.341 e. The normalized spacial score (nSPS) is 17.0. The Morgan fingerprint density at radius 2 is 1.97 bits per heavy atom. The first-order valence-electron chi connectivity index (χ1n) is 11.8. The van der Waals surface area contributed by atoms with Crippen molar-refractivity contribution in [1.29, 1.82) is 0 Å². The quantitative estimate of drug-likeness (QED) is 0.208. The van der Waals surface area contributed by atoms with E-state index in [4.69, 9.17) is 4.74 Å². The van der Waals surface area contributed by atoms with Gasteiger partial charge in [-0.3, -0.25) is 0 Å². The van der Waals surface area contributed by atoms with Crippen LogP contribution in [0.15, 0.2) is 40.7 Å². The second-order valence-corrected chi connectivity index (χ2v) is 8.29. The lowest BCUT2D eigenvalue weighted by Gasteiger charge is -2.29. The number of hydrogen-bond acceptors (Lipinski definition) is 4. The number of esters is 1. The zero-order valence-electron chi connectivity index (χ0n) is 19.5. The Kier molecular flexibility index (Phi) is 12.7. The van der Waals surface area contributed by atoms with Crippen LogP contribution in [-0.4, -0.2) is 34.5 Å². The topological polar surface area (TPSA) is 66.8 Å². The van der Waals surface area contributed by atoms with Crippen LogP contribution >= 0.6 is 0 Å². The zero-order chi connectivity index (χ0) is 22.4. The summed E-state index contributed by atoms with van der Waals surface area (Å²) in [6.07, 6.45) is 16.4. The predicted molar refractivity (Wildman–Crippen MR) is 123 cm³/mol. The molecule has 0 heterocycles. The molecule has 0 amide bonds. The van der Waals surface area contributed by atoms with Gasteiger partial charge < -0.3 is 14.9 Å². The Hall–Kier alpha value is -1.61. The van der Waals surface area contributed by atoms with Crippen LogP contribution in [0.25, 0.3) is 0 Å². The van der Waals surface area contributed by atoms with Crippen LogP contribution in [0.3, 0.4) is 0 Å². The van der Waals surface area contributed by atoms with Gasteiger partial charge in [-0.25, -0.2) is 4.79 Å². The second kappa shape index (κ2) is 14.4. The van der Waals surface area contributed by atoms with E-state index >= 15 is 0 Å². The number of aliphatic hydroxyl groups excluding tert-OH is 1. The predicted octanol–water partition coefficient (Wildman–Crippen LogP) is 5.94. The lowest BCUT2D eigenvalue weighted by atomic mass is 9.89. The molecular formula is C26H42O4. The highest BCUT2D eigenvalue weighted by Gasteiger charge is 2.44. The average Bonchev–Trinajstić information content (AvgIpc) is 3.20. The third-order valence-electron chi connectivity index (χ3n) is 5.79. The lowest BCUT2D eigenvalue weighted by molar-refractivity contribution is -0.176. The van der Waals surface area contributed by atoms with Gasteiger partial charge in [-0.1, -0.05) is 57.8 Å². The van der Waals surface area contributed by atoms with Crippen molar-refractivity contribution >= 4 is 5.97 Å². The van der Waals surface area contributed by atoms with Gasteiger partial charge in [0.25, 0.3) is 0 Å². The van der Waals surface area contributed by atoms with Gasteiger partial charge in [0.2, 0.25) is 0 Å². The minimum atomic E-state index is -1.93. The molecule has 30 heavy (non-hydrogen) atoms. The van der Waals surface area contributed by atoms with E-state index in [2.05, 4.69) is 24.8 Å². The molecule has 0 radical (unpaired) electrons. The number of unbranched alkanes of at least 4 members (excludes halogenated alkanes) is 4. The number of aliphatic hydroxyl groups is 2. The molecule has 0 saturated heterocycles. The summed E-state index contributed by atoms with van der Waals surface area (Å²) in [6, 6.07) is 0. The largest absolute Gasteiger partial charge is 0.463 e. The summed E-state index contributed by atoms with van der Waals surface area (Å²) in [4.78, 5) is 12.2. The summed E-state index contributed by atoms with van der Waals surface area (Å²) in [6.45, 7) is 7.70. The summed E-state index contributed by atoms with van der Waals surface area (Å²) in [5.41, 5.74) is 4.44. The fraction of sp³-hybridized carbons (Fsp3) is 0.692. The molecule has 1 aliphatic rings. The molecular weight excluding hydrogens is 376 g/mol. The first kappa shape index (κ1) is 26.4. The first-order valence-corrected chi connectivity index (χ1v) is 11.8. The van der Waals surface area contributed by atoms with E-state index < -0.39 is 17.7 Å². The highest BCUT2D eigenvalue weighted by molar-refractivity contribution is 5.80. The van der Waals surface area contributed by atoms with Gasteiger partial charge in [0.05, 0.1) is 6.61 Å². The van der Waals surface area contributed by atoms with Gasteiger partial charge in [0.15, 0.2) is 5.60 Å². The van der Waals surface area contributed by atoms with E-state index in [1.54, 1.807) is 13.8 Å². The highest BCUT2D eigenvalue weighted by Crippen LogP contribution is 2.30. The van der Waals surface area contributed by atoms with Crippen molar-refractivity contribution in [3.05, 3.63) is 40.7 Å². The zero-order valence-corrected chi connectivity index (χ0v) is 19.5. The maximum Gasteiger partial charge on any atom is 0.341 e. The van der Waals surface area contributed by atoms with E-state index in [9.17, 15) is 15.0 Å². The van der Waals surface area contributed by atoms with E-state index in [-0.39, 0.29) is 13.0 Å². The van der Waals surface area contributed by atoms with E-state index in [1.807, 2.05) is 13.0 Å². The molecule has 0 bridgehead atoms. The van der Waals surface area contributed by atoms with Crippen molar-refractivity contribution in [1.82, 2.24) is 0 Å².